The molecule has 1 unspecified atom stereocenters. The van der Waals surface area contributed by atoms with Gasteiger partial charge in [-0.1, -0.05) is 56.2 Å². The fourth-order valence-electron chi connectivity index (χ4n) is 3.41. The molecule has 0 aliphatic rings. The Balaban J connectivity index is 1.52. The lowest BCUT2D eigenvalue weighted by Gasteiger charge is -2.13. The zero-order valence-corrected chi connectivity index (χ0v) is 18.0. The molecule has 31 heavy (non-hydrogen) atoms. The number of aromatic amines is 1. The van der Waals surface area contributed by atoms with Gasteiger partial charge in [-0.15, -0.1) is 0 Å². The standard InChI is InChI=1S/C25H28N2O4/c1-3-4-5-8-18-11-13-19(14-12-18)22(28)15-16-23(29)31-17(2)24-26-21-10-7-6-9-20(21)25(30)27-24/h6-7,9-14,17H,3-5,8,15-16H2,1-2H3,(H,26,27,30). The first-order chi connectivity index (χ1) is 15.0. The Hall–Kier alpha value is -3.28. The van der Waals surface area contributed by atoms with Crippen molar-refractivity contribution >= 4 is 22.7 Å². The molecule has 6 nitrogen and oxygen atoms in total. The number of benzene rings is 2. The van der Waals surface area contributed by atoms with E-state index in [4.69, 9.17) is 4.74 Å². The highest BCUT2D eigenvalue weighted by Gasteiger charge is 2.17. The van der Waals surface area contributed by atoms with E-state index in [0.717, 1.165) is 12.8 Å². The summed E-state index contributed by atoms with van der Waals surface area (Å²) in [5, 5.41) is 0.478. The molecular formula is C25H28N2O4. The lowest BCUT2D eigenvalue weighted by atomic mass is 10.0. The van der Waals surface area contributed by atoms with Crippen molar-refractivity contribution in [2.45, 2.75) is 58.5 Å². The van der Waals surface area contributed by atoms with Crippen LogP contribution in [0.1, 0.15) is 73.8 Å². The highest BCUT2D eigenvalue weighted by molar-refractivity contribution is 5.97. The summed E-state index contributed by atoms with van der Waals surface area (Å²) < 4.78 is 5.38. The normalized spacial score (nSPS) is 11.9. The van der Waals surface area contributed by atoms with Crippen LogP contribution in [0.5, 0.6) is 0 Å². The molecule has 2 aromatic carbocycles. The number of H-pyrrole nitrogens is 1. The number of carbonyl (C=O) groups excluding carboxylic acids is 2. The van der Waals surface area contributed by atoms with Gasteiger partial charge in [0.2, 0.25) is 0 Å². The summed E-state index contributed by atoms with van der Waals surface area (Å²) in [5.41, 5.74) is 2.07. The maximum Gasteiger partial charge on any atom is 0.306 e. The molecule has 0 saturated carbocycles. The number of Topliss-reactive ketones (excluding diaryl/α,β-unsaturated/α-hetero) is 1. The number of fused-ring (bicyclic) bond motifs is 1. The predicted octanol–water partition coefficient (Wildman–Crippen LogP) is 4.92. The predicted molar refractivity (Wildman–Crippen MR) is 120 cm³/mol. The van der Waals surface area contributed by atoms with E-state index in [0.29, 0.717) is 16.5 Å². The van der Waals surface area contributed by atoms with Crippen molar-refractivity contribution in [3.63, 3.8) is 0 Å². The van der Waals surface area contributed by atoms with Gasteiger partial charge in [-0.05, 0) is 37.5 Å². The Bertz CT molecular complexity index is 1100. The number of nitrogens with one attached hydrogen (secondary N) is 1. The third-order valence-electron chi connectivity index (χ3n) is 5.23. The molecule has 0 saturated heterocycles. The molecule has 0 aliphatic carbocycles. The lowest BCUT2D eigenvalue weighted by Crippen LogP contribution is -2.17. The average Bonchev–Trinajstić information content (AvgIpc) is 2.78. The van der Waals surface area contributed by atoms with Crippen LogP contribution >= 0.6 is 0 Å². The minimum Gasteiger partial charge on any atom is -0.454 e. The van der Waals surface area contributed by atoms with Gasteiger partial charge in [0.25, 0.3) is 5.56 Å². The van der Waals surface area contributed by atoms with E-state index in [2.05, 4.69) is 16.9 Å². The van der Waals surface area contributed by atoms with Crippen molar-refractivity contribution in [2.75, 3.05) is 0 Å². The quantitative estimate of drug-likeness (QED) is 0.286. The van der Waals surface area contributed by atoms with E-state index < -0.39 is 12.1 Å². The van der Waals surface area contributed by atoms with Crippen LogP contribution < -0.4 is 5.56 Å². The number of aryl methyl sites for hydroxylation is 1. The molecule has 0 spiro atoms. The third-order valence-corrected chi connectivity index (χ3v) is 5.23. The van der Waals surface area contributed by atoms with Crippen LogP contribution in [-0.4, -0.2) is 21.7 Å². The van der Waals surface area contributed by atoms with Crippen LogP contribution in [0.25, 0.3) is 10.9 Å². The summed E-state index contributed by atoms with van der Waals surface area (Å²) >= 11 is 0. The summed E-state index contributed by atoms with van der Waals surface area (Å²) in [5.74, 6) is -0.322. The molecule has 1 N–H and O–H groups in total. The van der Waals surface area contributed by atoms with Gasteiger partial charge in [-0.25, -0.2) is 4.98 Å². The van der Waals surface area contributed by atoms with Crippen LogP contribution in [0, 0.1) is 0 Å². The molecule has 1 heterocycles. The number of unbranched alkanes of at least 4 members (excludes halogenated alkanes) is 2. The van der Waals surface area contributed by atoms with Gasteiger partial charge in [0.05, 0.1) is 17.3 Å². The van der Waals surface area contributed by atoms with E-state index in [1.807, 2.05) is 24.3 Å². The molecule has 1 aromatic heterocycles. The highest BCUT2D eigenvalue weighted by Crippen LogP contribution is 2.16. The SMILES string of the molecule is CCCCCc1ccc(C(=O)CCC(=O)OC(C)c2nc3ccccc3c(=O)[nH]2)cc1. The summed E-state index contributed by atoms with van der Waals surface area (Å²) in [6.07, 6.45) is 3.86. The van der Waals surface area contributed by atoms with E-state index in [1.165, 1.54) is 18.4 Å². The van der Waals surface area contributed by atoms with Gasteiger partial charge in [0.15, 0.2) is 17.7 Å². The second kappa shape index (κ2) is 10.7. The zero-order valence-electron chi connectivity index (χ0n) is 18.0. The number of rotatable bonds is 10. The first-order valence-electron chi connectivity index (χ1n) is 10.8. The van der Waals surface area contributed by atoms with Gasteiger partial charge in [0.1, 0.15) is 0 Å². The number of para-hydroxylation sites is 1. The first-order valence-corrected chi connectivity index (χ1v) is 10.8. The molecule has 3 rings (SSSR count). The van der Waals surface area contributed by atoms with Crippen LogP contribution in [0.2, 0.25) is 0 Å². The Morgan fingerprint density at radius 2 is 1.77 bits per heavy atom. The van der Waals surface area contributed by atoms with Crippen molar-refractivity contribution in [1.29, 1.82) is 0 Å². The molecule has 0 fully saturated rings. The Labute approximate surface area is 181 Å². The molecule has 6 heteroatoms. The molecular weight excluding hydrogens is 392 g/mol. The molecule has 162 valence electrons. The molecule has 0 aliphatic heterocycles. The van der Waals surface area contributed by atoms with Gasteiger partial charge in [0, 0.05) is 12.0 Å². The van der Waals surface area contributed by atoms with E-state index in [1.54, 1.807) is 31.2 Å². The van der Waals surface area contributed by atoms with E-state index >= 15 is 0 Å². The summed E-state index contributed by atoms with van der Waals surface area (Å²) in [6, 6.07) is 14.6. The summed E-state index contributed by atoms with van der Waals surface area (Å²) in [4.78, 5) is 43.8. The average molecular weight is 421 g/mol. The van der Waals surface area contributed by atoms with Crippen molar-refractivity contribution in [3.05, 3.63) is 75.8 Å². The number of hydrogen-bond donors (Lipinski definition) is 1. The van der Waals surface area contributed by atoms with Gasteiger partial charge in [-0.2, -0.15) is 0 Å². The molecule has 0 amide bonds. The van der Waals surface area contributed by atoms with Crippen LogP contribution in [0.15, 0.2) is 53.3 Å². The van der Waals surface area contributed by atoms with E-state index in [9.17, 15) is 14.4 Å². The largest absolute Gasteiger partial charge is 0.454 e. The molecule has 1 atom stereocenters. The monoisotopic (exact) mass is 420 g/mol. The second-order valence-electron chi connectivity index (χ2n) is 7.68. The number of carbonyl (C=O) groups is 2. The minimum absolute atomic E-state index is 0.0285. The molecule has 3 aromatic rings. The van der Waals surface area contributed by atoms with Gasteiger partial charge < -0.3 is 9.72 Å². The summed E-state index contributed by atoms with van der Waals surface area (Å²) in [7, 11) is 0. The number of aromatic nitrogens is 2. The van der Waals surface area contributed by atoms with Crippen molar-refractivity contribution in [3.8, 4) is 0 Å². The Morgan fingerprint density at radius 3 is 2.52 bits per heavy atom. The van der Waals surface area contributed by atoms with Crippen molar-refractivity contribution < 1.29 is 14.3 Å². The minimum atomic E-state index is -0.720. The highest BCUT2D eigenvalue weighted by atomic mass is 16.5. The maximum absolute atomic E-state index is 12.4. The summed E-state index contributed by atoms with van der Waals surface area (Å²) in [6.45, 7) is 3.81. The van der Waals surface area contributed by atoms with Crippen molar-refractivity contribution in [2.24, 2.45) is 0 Å². The number of ether oxygens (including phenoxy) is 1. The van der Waals surface area contributed by atoms with Crippen LogP contribution in [-0.2, 0) is 16.0 Å². The second-order valence-corrected chi connectivity index (χ2v) is 7.68. The van der Waals surface area contributed by atoms with Gasteiger partial charge >= 0.3 is 5.97 Å². The Kier molecular flexibility index (Phi) is 7.70. The lowest BCUT2D eigenvalue weighted by molar-refractivity contribution is -0.148. The fourth-order valence-corrected chi connectivity index (χ4v) is 3.41. The zero-order chi connectivity index (χ0) is 22.2. The number of hydrogen-bond acceptors (Lipinski definition) is 5. The third kappa shape index (κ3) is 6.10. The first kappa shape index (κ1) is 22.4. The smallest absolute Gasteiger partial charge is 0.306 e. The van der Waals surface area contributed by atoms with Crippen molar-refractivity contribution in [1.82, 2.24) is 9.97 Å². The number of esters is 1. The van der Waals surface area contributed by atoms with Crippen LogP contribution in [0.3, 0.4) is 0 Å². The molecule has 0 bridgehead atoms. The van der Waals surface area contributed by atoms with Gasteiger partial charge in [-0.3, -0.25) is 14.4 Å². The van der Waals surface area contributed by atoms with Crippen LogP contribution in [0.4, 0.5) is 0 Å². The Morgan fingerprint density at radius 1 is 1.03 bits per heavy atom. The number of ketones is 1. The topological polar surface area (TPSA) is 89.1 Å². The molecule has 0 radical (unpaired) electrons. The fraction of sp³-hybridized carbons (Fsp3) is 0.360. The van der Waals surface area contributed by atoms with E-state index in [-0.39, 0.29) is 30.0 Å². The maximum atomic E-state index is 12.4. The number of nitrogens with zero attached hydrogens (tertiary/aromatic N) is 1.